The molecule has 2 heterocycles. The Kier molecular flexibility index (Phi) is 5.44. The molecule has 0 aromatic heterocycles. The van der Waals surface area contributed by atoms with Crippen LogP contribution in [0.25, 0.3) is 0 Å². The predicted molar refractivity (Wildman–Crippen MR) is 108 cm³/mol. The van der Waals surface area contributed by atoms with E-state index in [0.717, 1.165) is 32.5 Å². The van der Waals surface area contributed by atoms with E-state index in [9.17, 15) is 4.39 Å². The van der Waals surface area contributed by atoms with Gasteiger partial charge in [0.1, 0.15) is 5.82 Å². The van der Waals surface area contributed by atoms with Gasteiger partial charge in [0.05, 0.1) is 12.2 Å². The fourth-order valence-corrected chi connectivity index (χ4v) is 5.58. The molecule has 2 nitrogen and oxygen atoms in total. The minimum Gasteiger partial charge on any atom is -0.369 e. The van der Waals surface area contributed by atoms with Crippen LogP contribution in [0.15, 0.2) is 36.4 Å². The van der Waals surface area contributed by atoms with Crippen molar-refractivity contribution in [1.82, 2.24) is 4.90 Å². The maximum absolute atomic E-state index is 13.3. The van der Waals surface area contributed by atoms with Crippen molar-refractivity contribution >= 4 is 0 Å². The Balaban J connectivity index is 1.39. The molecule has 0 N–H and O–H groups in total. The molecular weight excluding hydrogens is 337 g/mol. The van der Waals surface area contributed by atoms with Crippen LogP contribution < -0.4 is 0 Å². The van der Waals surface area contributed by atoms with Crippen molar-refractivity contribution in [1.29, 1.82) is 0 Å². The number of hydrogen-bond donors (Lipinski definition) is 0. The van der Waals surface area contributed by atoms with Gasteiger partial charge in [0, 0.05) is 12.6 Å². The number of nitrogens with zero attached hydrogens (tertiary/aromatic N) is 1. The van der Waals surface area contributed by atoms with E-state index in [4.69, 9.17) is 4.74 Å². The van der Waals surface area contributed by atoms with Crippen LogP contribution in [0.3, 0.4) is 0 Å². The van der Waals surface area contributed by atoms with Crippen LogP contribution in [0.5, 0.6) is 0 Å². The zero-order valence-electron chi connectivity index (χ0n) is 16.9. The molecule has 3 heteroatoms. The second-order valence-corrected chi connectivity index (χ2v) is 9.06. The summed E-state index contributed by atoms with van der Waals surface area (Å²) >= 11 is 0. The summed E-state index contributed by atoms with van der Waals surface area (Å²) in [6, 6.07) is 7.73. The van der Waals surface area contributed by atoms with Crippen molar-refractivity contribution in [3.8, 4) is 0 Å². The van der Waals surface area contributed by atoms with E-state index in [1.54, 1.807) is 12.1 Å². The molecule has 4 rings (SSSR count). The lowest BCUT2D eigenvalue weighted by Gasteiger charge is -2.48. The Morgan fingerprint density at radius 3 is 2.52 bits per heavy atom. The van der Waals surface area contributed by atoms with E-state index in [-0.39, 0.29) is 11.4 Å². The van der Waals surface area contributed by atoms with Gasteiger partial charge in [-0.2, -0.15) is 0 Å². The monoisotopic (exact) mass is 371 g/mol. The molecule has 2 aliphatic heterocycles. The maximum atomic E-state index is 13.3. The number of likely N-dealkylation sites (tertiary alicyclic amines) is 1. The SMILES string of the molecule is C=C(C)[C@@]1(C2CC2)CCC(N2CCC(c3ccc(F)cc3)[C@H](CC)C2)CO1. The maximum Gasteiger partial charge on any atom is 0.123 e. The van der Waals surface area contributed by atoms with E-state index >= 15 is 0 Å². The van der Waals surface area contributed by atoms with Gasteiger partial charge in [-0.25, -0.2) is 4.39 Å². The molecule has 1 aliphatic carbocycles. The van der Waals surface area contributed by atoms with Gasteiger partial charge in [0.15, 0.2) is 0 Å². The van der Waals surface area contributed by atoms with Gasteiger partial charge in [-0.15, -0.1) is 0 Å². The lowest BCUT2D eigenvalue weighted by molar-refractivity contribution is -0.105. The highest BCUT2D eigenvalue weighted by Gasteiger charge is 2.49. The van der Waals surface area contributed by atoms with Crippen LogP contribution in [0.1, 0.15) is 63.9 Å². The second-order valence-electron chi connectivity index (χ2n) is 9.06. The minimum atomic E-state index is -0.139. The molecule has 0 bridgehead atoms. The van der Waals surface area contributed by atoms with Crippen molar-refractivity contribution in [2.24, 2.45) is 11.8 Å². The second kappa shape index (κ2) is 7.67. The molecule has 148 valence electrons. The molecule has 2 unspecified atom stereocenters. The summed E-state index contributed by atoms with van der Waals surface area (Å²) in [6.45, 7) is 11.8. The van der Waals surface area contributed by atoms with Crippen LogP contribution in [0, 0.1) is 17.7 Å². The first-order valence-electron chi connectivity index (χ1n) is 10.8. The third-order valence-electron chi connectivity index (χ3n) is 7.45. The van der Waals surface area contributed by atoms with Gasteiger partial charge in [0.25, 0.3) is 0 Å². The van der Waals surface area contributed by atoms with E-state index in [1.807, 2.05) is 12.1 Å². The molecule has 3 fully saturated rings. The van der Waals surface area contributed by atoms with E-state index in [0.29, 0.717) is 23.8 Å². The topological polar surface area (TPSA) is 12.5 Å². The summed E-state index contributed by atoms with van der Waals surface area (Å²) in [5.74, 6) is 1.77. The van der Waals surface area contributed by atoms with Gasteiger partial charge in [0.2, 0.25) is 0 Å². The van der Waals surface area contributed by atoms with Crippen LogP contribution >= 0.6 is 0 Å². The highest BCUT2D eigenvalue weighted by molar-refractivity contribution is 5.22. The van der Waals surface area contributed by atoms with Gasteiger partial charge >= 0.3 is 0 Å². The molecule has 1 saturated carbocycles. The first-order valence-corrected chi connectivity index (χ1v) is 10.8. The minimum absolute atomic E-state index is 0.0346. The van der Waals surface area contributed by atoms with Gasteiger partial charge < -0.3 is 4.74 Å². The molecule has 27 heavy (non-hydrogen) atoms. The quantitative estimate of drug-likeness (QED) is 0.630. The number of rotatable bonds is 5. The average molecular weight is 372 g/mol. The highest BCUT2D eigenvalue weighted by Crippen LogP contribution is 2.50. The molecule has 4 atom stereocenters. The fourth-order valence-electron chi connectivity index (χ4n) is 5.58. The van der Waals surface area contributed by atoms with E-state index in [1.165, 1.54) is 36.8 Å². The first-order chi connectivity index (χ1) is 13.0. The molecule has 0 spiro atoms. The first kappa shape index (κ1) is 19.1. The summed E-state index contributed by atoms with van der Waals surface area (Å²) in [6.07, 6.45) is 7.29. The largest absolute Gasteiger partial charge is 0.369 e. The Bertz CT molecular complexity index is 657. The number of piperidine rings is 1. The van der Waals surface area contributed by atoms with Crippen molar-refractivity contribution in [3.63, 3.8) is 0 Å². The summed E-state index contributed by atoms with van der Waals surface area (Å²) in [5, 5.41) is 0. The molecule has 3 aliphatic rings. The Hall–Kier alpha value is -1.19. The molecular formula is C24H34FNO. The lowest BCUT2D eigenvalue weighted by atomic mass is 9.77. The molecule has 0 amide bonds. The van der Waals surface area contributed by atoms with Crippen LogP contribution in [0.2, 0.25) is 0 Å². The highest BCUT2D eigenvalue weighted by atomic mass is 19.1. The number of benzene rings is 1. The Morgan fingerprint density at radius 2 is 1.96 bits per heavy atom. The fraction of sp³-hybridized carbons (Fsp3) is 0.667. The molecule has 1 aromatic carbocycles. The normalized spacial score (nSPS) is 35.1. The molecule has 1 aromatic rings. The van der Waals surface area contributed by atoms with Gasteiger partial charge in [-0.05, 0) is 86.6 Å². The van der Waals surface area contributed by atoms with Crippen LogP contribution in [0.4, 0.5) is 4.39 Å². The Morgan fingerprint density at radius 1 is 1.22 bits per heavy atom. The van der Waals surface area contributed by atoms with E-state index < -0.39 is 0 Å². The van der Waals surface area contributed by atoms with Crippen molar-refractivity contribution in [3.05, 3.63) is 47.8 Å². The van der Waals surface area contributed by atoms with Crippen LogP contribution in [-0.4, -0.2) is 36.2 Å². The number of hydrogen-bond acceptors (Lipinski definition) is 2. The Labute approximate surface area is 163 Å². The van der Waals surface area contributed by atoms with Gasteiger partial charge in [-0.3, -0.25) is 4.90 Å². The summed E-state index contributed by atoms with van der Waals surface area (Å²) in [7, 11) is 0. The van der Waals surface area contributed by atoms with Crippen molar-refractivity contribution in [2.75, 3.05) is 19.7 Å². The zero-order valence-corrected chi connectivity index (χ0v) is 16.9. The summed E-state index contributed by atoms with van der Waals surface area (Å²) in [5.41, 5.74) is 2.50. The third-order valence-corrected chi connectivity index (χ3v) is 7.45. The van der Waals surface area contributed by atoms with Gasteiger partial charge in [-0.1, -0.05) is 32.1 Å². The summed E-state index contributed by atoms with van der Waals surface area (Å²) < 4.78 is 19.8. The smallest absolute Gasteiger partial charge is 0.123 e. The van der Waals surface area contributed by atoms with Crippen molar-refractivity contribution < 1.29 is 9.13 Å². The molecule has 2 saturated heterocycles. The lowest BCUT2D eigenvalue weighted by Crippen LogP contribution is -2.53. The van der Waals surface area contributed by atoms with Crippen molar-refractivity contribution in [2.45, 2.75) is 69.9 Å². The third kappa shape index (κ3) is 3.73. The average Bonchev–Trinajstić information content (AvgIpc) is 3.54. The van der Waals surface area contributed by atoms with Crippen LogP contribution in [-0.2, 0) is 4.74 Å². The standard InChI is InChI=1S/C24H34FNO/c1-4-18-15-26(14-12-23(18)19-5-9-21(25)10-6-19)22-11-13-24(17(2)3,27-16-22)20-7-8-20/h5-6,9-10,18,20,22-23H,2,4,7-8,11-16H2,1,3H3/t18-,22?,23?,24-/m1/s1. The van der Waals surface area contributed by atoms with E-state index in [2.05, 4.69) is 25.3 Å². The molecule has 0 radical (unpaired) electrons. The number of halogens is 1. The predicted octanol–water partition coefficient (Wildman–Crippen LogP) is 5.55. The number of ether oxygens (including phenoxy) is 1. The summed E-state index contributed by atoms with van der Waals surface area (Å²) in [4.78, 5) is 2.67. The zero-order chi connectivity index (χ0) is 19.0.